The monoisotopic (exact) mass is 340 g/mol. The highest BCUT2D eigenvalue weighted by atomic mass is 32.1. The summed E-state index contributed by atoms with van der Waals surface area (Å²) in [5.74, 6) is 0.202. The first-order valence-electron chi connectivity index (χ1n) is 7.98. The summed E-state index contributed by atoms with van der Waals surface area (Å²) < 4.78 is 0. The maximum atomic E-state index is 11.9. The van der Waals surface area contributed by atoms with Crippen LogP contribution >= 0.6 is 12.2 Å². The fraction of sp³-hybridized carbons (Fsp3) is 0.278. The fourth-order valence-electron chi connectivity index (χ4n) is 2.80. The molecule has 0 radical (unpaired) electrons. The zero-order valence-electron chi connectivity index (χ0n) is 13.6. The van der Waals surface area contributed by atoms with Crippen molar-refractivity contribution in [3.63, 3.8) is 0 Å². The van der Waals surface area contributed by atoms with E-state index in [1.807, 2.05) is 42.2 Å². The number of rotatable bonds is 4. The van der Waals surface area contributed by atoms with E-state index in [-0.39, 0.29) is 5.91 Å². The van der Waals surface area contributed by atoms with Crippen molar-refractivity contribution in [2.24, 2.45) is 0 Å². The molecular formula is C18H20N4OS. The van der Waals surface area contributed by atoms with Gasteiger partial charge >= 0.3 is 0 Å². The Kier molecular flexibility index (Phi) is 5.05. The van der Waals surface area contributed by atoms with Gasteiger partial charge in [0.2, 0.25) is 5.91 Å². The number of pyridine rings is 1. The Morgan fingerprint density at radius 1 is 1.29 bits per heavy atom. The minimum atomic E-state index is 0.202. The lowest BCUT2D eigenvalue weighted by atomic mass is 10.1. The molecule has 1 saturated heterocycles. The first kappa shape index (κ1) is 16.4. The maximum Gasteiger partial charge on any atom is 0.227 e. The van der Waals surface area contributed by atoms with Gasteiger partial charge in [-0.25, -0.2) is 0 Å². The molecule has 1 aliphatic heterocycles. The van der Waals surface area contributed by atoms with Crippen molar-refractivity contribution in [1.29, 1.82) is 0 Å². The van der Waals surface area contributed by atoms with Crippen molar-refractivity contribution >= 4 is 34.6 Å². The van der Waals surface area contributed by atoms with Crippen LogP contribution in [-0.4, -0.2) is 22.5 Å². The average molecular weight is 340 g/mol. The van der Waals surface area contributed by atoms with Gasteiger partial charge in [0.25, 0.3) is 0 Å². The number of hydrogen-bond acceptors (Lipinski definition) is 3. The van der Waals surface area contributed by atoms with E-state index in [9.17, 15) is 4.79 Å². The summed E-state index contributed by atoms with van der Waals surface area (Å²) in [5.41, 5.74) is 4.08. The van der Waals surface area contributed by atoms with E-state index < -0.39 is 0 Å². The van der Waals surface area contributed by atoms with E-state index in [0.29, 0.717) is 18.1 Å². The molecule has 0 bridgehead atoms. The summed E-state index contributed by atoms with van der Waals surface area (Å²) in [6.45, 7) is 3.46. The number of aromatic nitrogens is 1. The molecule has 2 aromatic rings. The minimum absolute atomic E-state index is 0.202. The zero-order valence-corrected chi connectivity index (χ0v) is 14.4. The highest BCUT2D eigenvalue weighted by Crippen LogP contribution is 2.27. The van der Waals surface area contributed by atoms with E-state index in [2.05, 4.69) is 15.6 Å². The molecule has 1 fully saturated rings. The topological polar surface area (TPSA) is 57.3 Å². The molecule has 0 unspecified atom stereocenters. The molecule has 5 nitrogen and oxygen atoms in total. The lowest BCUT2D eigenvalue weighted by molar-refractivity contribution is -0.117. The third kappa shape index (κ3) is 3.89. The van der Waals surface area contributed by atoms with Gasteiger partial charge in [-0.1, -0.05) is 0 Å². The van der Waals surface area contributed by atoms with Gasteiger partial charge in [0.05, 0.1) is 0 Å². The van der Waals surface area contributed by atoms with Crippen molar-refractivity contribution in [3.8, 4) is 0 Å². The number of hydrogen-bond donors (Lipinski definition) is 2. The number of aryl methyl sites for hydroxylation is 1. The normalized spacial score (nSPS) is 13.9. The van der Waals surface area contributed by atoms with Crippen LogP contribution in [0.15, 0.2) is 42.7 Å². The maximum absolute atomic E-state index is 11.9. The molecule has 3 rings (SSSR count). The smallest absolute Gasteiger partial charge is 0.227 e. The Balaban J connectivity index is 1.60. The molecular weight excluding hydrogens is 320 g/mol. The van der Waals surface area contributed by atoms with Crippen molar-refractivity contribution in [3.05, 3.63) is 53.9 Å². The number of nitrogens with one attached hydrogen (secondary N) is 2. The van der Waals surface area contributed by atoms with E-state index in [0.717, 1.165) is 35.5 Å². The number of nitrogens with zero attached hydrogens (tertiary/aromatic N) is 2. The number of carbonyl (C=O) groups excluding carboxylic acids is 1. The van der Waals surface area contributed by atoms with Crippen molar-refractivity contribution in [2.75, 3.05) is 16.8 Å². The number of amides is 1. The van der Waals surface area contributed by atoms with E-state index in [4.69, 9.17) is 12.2 Å². The Bertz CT molecular complexity index is 748. The summed E-state index contributed by atoms with van der Waals surface area (Å²) in [6.07, 6.45) is 5.09. The third-order valence-corrected chi connectivity index (χ3v) is 4.27. The van der Waals surface area contributed by atoms with E-state index in [1.54, 1.807) is 12.4 Å². The van der Waals surface area contributed by atoms with Gasteiger partial charge in [0.1, 0.15) is 0 Å². The SMILES string of the molecule is Cc1cc(NC(=S)NCc2ccncc2)ccc1N1CCCC1=O. The molecule has 124 valence electrons. The zero-order chi connectivity index (χ0) is 16.9. The Morgan fingerprint density at radius 2 is 2.08 bits per heavy atom. The number of benzene rings is 1. The van der Waals surface area contributed by atoms with Crippen LogP contribution < -0.4 is 15.5 Å². The average Bonchev–Trinajstić information content (AvgIpc) is 3.00. The standard InChI is InChI=1S/C18H20N4OS/c1-13-11-15(4-5-16(13)22-10-2-3-17(22)23)21-18(24)20-12-14-6-8-19-9-7-14/h4-9,11H,2-3,10,12H2,1H3,(H2,20,21,24). The molecule has 0 saturated carbocycles. The van der Waals surface area contributed by atoms with Crippen molar-refractivity contribution < 1.29 is 4.79 Å². The molecule has 1 aliphatic rings. The summed E-state index contributed by atoms with van der Waals surface area (Å²) >= 11 is 5.33. The van der Waals surface area contributed by atoms with Gasteiger partial charge in [-0.3, -0.25) is 9.78 Å². The molecule has 2 N–H and O–H groups in total. The summed E-state index contributed by atoms with van der Waals surface area (Å²) in [5, 5.41) is 6.92. The first-order chi connectivity index (χ1) is 11.6. The van der Waals surface area contributed by atoms with Crippen LogP contribution in [0.25, 0.3) is 0 Å². The van der Waals surface area contributed by atoms with Crippen molar-refractivity contribution in [1.82, 2.24) is 10.3 Å². The number of anilines is 2. The molecule has 0 spiro atoms. The van der Waals surface area contributed by atoms with Gasteiger partial charge in [0.15, 0.2) is 5.11 Å². The molecule has 24 heavy (non-hydrogen) atoms. The van der Waals surface area contributed by atoms with E-state index in [1.165, 1.54) is 0 Å². The Labute approximate surface area is 147 Å². The highest BCUT2D eigenvalue weighted by Gasteiger charge is 2.22. The fourth-order valence-corrected chi connectivity index (χ4v) is 2.99. The van der Waals surface area contributed by atoms with Crippen LogP contribution in [-0.2, 0) is 11.3 Å². The molecule has 1 amide bonds. The van der Waals surface area contributed by atoms with Gasteiger partial charge in [-0.2, -0.15) is 0 Å². The van der Waals surface area contributed by atoms with Crippen LogP contribution in [0.2, 0.25) is 0 Å². The van der Waals surface area contributed by atoms with Crippen molar-refractivity contribution in [2.45, 2.75) is 26.3 Å². The summed E-state index contributed by atoms with van der Waals surface area (Å²) in [6, 6.07) is 9.84. The van der Waals surface area contributed by atoms with Gasteiger partial charge in [-0.15, -0.1) is 0 Å². The summed E-state index contributed by atoms with van der Waals surface area (Å²) in [4.78, 5) is 17.7. The second-order valence-corrected chi connectivity index (χ2v) is 6.22. The molecule has 2 heterocycles. The third-order valence-electron chi connectivity index (χ3n) is 4.02. The van der Waals surface area contributed by atoms with E-state index >= 15 is 0 Å². The molecule has 0 aliphatic carbocycles. The molecule has 6 heteroatoms. The van der Waals surface area contributed by atoms with Gasteiger partial charge in [0, 0.05) is 43.3 Å². The minimum Gasteiger partial charge on any atom is -0.358 e. The lowest BCUT2D eigenvalue weighted by Crippen LogP contribution is -2.28. The Morgan fingerprint density at radius 3 is 2.75 bits per heavy atom. The van der Waals surface area contributed by atoms with Crippen LogP contribution in [0.1, 0.15) is 24.0 Å². The largest absolute Gasteiger partial charge is 0.358 e. The van der Waals surface area contributed by atoms with Crippen LogP contribution in [0.4, 0.5) is 11.4 Å². The second kappa shape index (κ2) is 7.40. The van der Waals surface area contributed by atoms with Crippen LogP contribution in [0, 0.1) is 6.92 Å². The summed E-state index contributed by atoms with van der Waals surface area (Å²) in [7, 11) is 0. The number of carbonyl (C=O) groups is 1. The van der Waals surface area contributed by atoms with Gasteiger partial charge in [-0.05, 0) is 67.0 Å². The molecule has 1 aromatic carbocycles. The molecule has 0 atom stereocenters. The predicted molar refractivity (Wildman–Crippen MR) is 100 cm³/mol. The van der Waals surface area contributed by atoms with Gasteiger partial charge < -0.3 is 15.5 Å². The predicted octanol–water partition coefficient (Wildman–Crippen LogP) is 3.00. The first-order valence-corrected chi connectivity index (χ1v) is 8.39. The lowest BCUT2D eigenvalue weighted by Gasteiger charge is -2.19. The number of thiocarbonyl (C=S) groups is 1. The highest BCUT2D eigenvalue weighted by molar-refractivity contribution is 7.80. The van der Waals surface area contributed by atoms with Crippen LogP contribution in [0.5, 0.6) is 0 Å². The second-order valence-electron chi connectivity index (χ2n) is 5.81. The van der Waals surface area contributed by atoms with Crippen LogP contribution in [0.3, 0.4) is 0 Å². The quantitative estimate of drug-likeness (QED) is 0.838. The molecule has 1 aromatic heterocycles. The Hall–Kier alpha value is -2.47.